The molecular formula is C24H32N2O3S. The van der Waals surface area contributed by atoms with Gasteiger partial charge in [0.1, 0.15) is 11.8 Å². The molecule has 0 saturated heterocycles. The van der Waals surface area contributed by atoms with Crippen molar-refractivity contribution in [1.82, 2.24) is 10.2 Å². The van der Waals surface area contributed by atoms with Gasteiger partial charge in [0.05, 0.1) is 12.9 Å². The second-order valence-corrected chi connectivity index (χ2v) is 8.65. The van der Waals surface area contributed by atoms with E-state index in [2.05, 4.69) is 17.4 Å². The number of methoxy groups -OCH3 is 1. The average molecular weight is 429 g/mol. The molecule has 1 N–H and O–H groups in total. The van der Waals surface area contributed by atoms with E-state index < -0.39 is 6.04 Å². The molecule has 1 atom stereocenters. The van der Waals surface area contributed by atoms with Gasteiger partial charge in [-0.3, -0.25) is 9.59 Å². The molecule has 0 spiro atoms. The standard InChI is InChI=1S/C24H32N2O3S/c1-18(2)14-25-24(28)19(3)26(15-20-10-12-22(29-4)13-11-20)23(27)17-30-16-21-8-6-5-7-9-21/h5-13,18-19H,14-17H2,1-4H3,(H,25,28). The Labute approximate surface area is 184 Å². The van der Waals surface area contributed by atoms with Crippen LogP contribution in [0.15, 0.2) is 54.6 Å². The Hall–Kier alpha value is -2.47. The fourth-order valence-corrected chi connectivity index (χ4v) is 3.75. The molecule has 1 unspecified atom stereocenters. The van der Waals surface area contributed by atoms with E-state index in [0.717, 1.165) is 17.1 Å². The van der Waals surface area contributed by atoms with E-state index in [-0.39, 0.29) is 11.8 Å². The molecule has 162 valence electrons. The van der Waals surface area contributed by atoms with Crippen molar-refractivity contribution in [2.24, 2.45) is 5.92 Å². The van der Waals surface area contributed by atoms with Crippen molar-refractivity contribution in [2.45, 2.75) is 39.1 Å². The Balaban J connectivity index is 2.05. The predicted octanol–water partition coefficient (Wildman–Crippen LogP) is 4.12. The number of rotatable bonds is 11. The molecule has 0 saturated carbocycles. The van der Waals surface area contributed by atoms with Crippen molar-refractivity contribution in [3.05, 3.63) is 65.7 Å². The first-order chi connectivity index (χ1) is 14.4. The molecule has 6 heteroatoms. The largest absolute Gasteiger partial charge is 0.497 e. The summed E-state index contributed by atoms with van der Waals surface area (Å²) in [5.41, 5.74) is 2.14. The lowest BCUT2D eigenvalue weighted by molar-refractivity contribution is -0.138. The second-order valence-electron chi connectivity index (χ2n) is 7.66. The van der Waals surface area contributed by atoms with Crippen molar-refractivity contribution in [3.63, 3.8) is 0 Å². The van der Waals surface area contributed by atoms with Gasteiger partial charge in [0.15, 0.2) is 0 Å². The van der Waals surface area contributed by atoms with E-state index in [1.807, 2.05) is 56.3 Å². The normalized spacial score (nSPS) is 11.8. The van der Waals surface area contributed by atoms with Crippen LogP contribution < -0.4 is 10.1 Å². The summed E-state index contributed by atoms with van der Waals surface area (Å²) in [5.74, 6) is 2.03. The van der Waals surface area contributed by atoms with Gasteiger partial charge in [0.2, 0.25) is 11.8 Å². The van der Waals surface area contributed by atoms with Gasteiger partial charge in [-0.1, -0.05) is 56.3 Å². The van der Waals surface area contributed by atoms with Crippen LogP contribution in [0.4, 0.5) is 0 Å². The highest BCUT2D eigenvalue weighted by molar-refractivity contribution is 7.99. The van der Waals surface area contributed by atoms with Gasteiger partial charge in [-0.2, -0.15) is 0 Å². The number of thioether (sulfide) groups is 1. The van der Waals surface area contributed by atoms with Crippen LogP contribution >= 0.6 is 11.8 Å². The minimum absolute atomic E-state index is 0.0426. The summed E-state index contributed by atoms with van der Waals surface area (Å²) >= 11 is 1.56. The number of nitrogens with one attached hydrogen (secondary N) is 1. The van der Waals surface area contributed by atoms with Gasteiger partial charge < -0.3 is 15.0 Å². The Morgan fingerprint density at radius 1 is 1.00 bits per heavy atom. The molecule has 0 aliphatic rings. The van der Waals surface area contributed by atoms with Crippen LogP contribution in [0.1, 0.15) is 31.9 Å². The minimum Gasteiger partial charge on any atom is -0.497 e. The topological polar surface area (TPSA) is 58.6 Å². The summed E-state index contributed by atoms with van der Waals surface area (Å²) in [6, 6.07) is 17.1. The maximum atomic E-state index is 13.0. The molecule has 2 rings (SSSR count). The Bertz CT molecular complexity index is 794. The number of amides is 2. The second kappa shape index (κ2) is 12.3. The van der Waals surface area contributed by atoms with Gasteiger partial charge in [0.25, 0.3) is 0 Å². The molecule has 2 amide bonds. The van der Waals surface area contributed by atoms with Gasteiger partial charge >= 0.3 is 0 Å². The molecule has 0 aromatic heterocycles. The smallest absolute Gasteiger partial charge is 0.242 e. The van der Waals surface area contributed by atoms with Crippen molar-refractivity contribution in [3.8, 4) is 5.75 Å². The van der Waals surface area contributed by atoms with Crippen molar-refractivity contribution < 1.29 is 14.3 Å². The number of hydrogen-bond acceptors (Lipinski definition) is 4. The fourth-order valence-electron chi connectivity index (χ4n) is 2.88. The summed E-state index contributed by atoms with van der Waals surface area (Å²) in [7, 11) is 1.62. The first-order valence-corrected chi connectivity index (χ1v) is 11.4. The molecule has 0 heterocycles. The van der Waals surface area contributed by atoms with Crippen LogP contribution in [0.3, 0.4) is 0 Å². The molecule has 5 nitrogen and oxygen atoms in total. The van der Waals surface area contributed by atoms with E-state index in [1.165, 1.54) is 5.56 Å². The van der Waals surface area contributed by atoms with Gasteiger partial charge in [-0.15, -0.1) is 11.8 Å². The van der Waals surface area contributed by atoms with Crippen LogP contribution in [-0.2, 0) is 21.9 Å². The predicted molar refractivity (Wildman–Crippen MR) is 123 cm³/mol. The molecule has 0 radical (unpaired) electrons. The van der Waals surface area contributed by atoms with E-state index in [9.17, 15) is 9.59 Å². The van der Waals surface area contributed by atoms with Gasteiger partial charge in [-0.05, 0) is 36.1 Å². The third kappa shape index (κ3) is 7.75. The number of hydrogen-bond donors (Lipinski definition) is 1. The van der Waals surface area contributed by atoms with Crippen molar-refractivity contribution >= 4 is 23.6 Å². The number of benzene rings is 2. The fraction of sp³-hybridized carbons (Fsp3) is 0.417. The number of nitrogens with zero attached hydrogens (tertiary/aromatic N) is 1. The lowest BCUT2D eigenvalue weighted by atomic mass is 10.1. The van der Waals surface area contributed by atoms with E-state index in [1.54, 1.807) is 30.7 Å². The molecule has 2 aromatic rings. The minimum atomic E-state index is -0.546. The van der Waals surface area contributed by atoms with Gasteiger partial charge in [-0.25, -0.2) is 0 Å². The third-order valence-electron chi connectivity index (χ3n) is 4.70. The summed E-state index contributed by atoms with van der Waals surface area (Å²) < 4.78 is 5.21. The van der Waals surface area contributed by atoms with E-state index in [4.69, 9.17) is 4.74 Å². The molecule has 30 heavy (non-hydrogen) atoms. The monoisotopic (exact) mass is 428 g/mol. The molecular weight excluding hydrogens is 396 g/mol. The zero-order valence-electron chi connectivity index (χ0n) is 18.3. The van der Waals surface area contributed by atoms with Crippen LogP contribution in [-0.4, -0.2) is 42.2 Å². The van der Waals surface area contributed by atoms with Gasteiger partial charge in [0, 0.05) is 18.8 Å². The highest BCUT2D eigenvalue weighted by Crippen LogP contribution is 2.17. The molecule has 0 bridgehead atoms. The summed E-state index contributed by atoms with van der Waals surface area (Å²) in [6.45, 7) is 6.86. The van der Waals surface area contributed by atoms with Crippen molar-refractivity contribution in [1.29, 1.82) is 0 Å². The molecule has 0 aliphatic heterocycles. The van der Waals surface area contributed by atoms with E-state index in [0.29, 0.717) is 24.8 Å². The summed E-state index contributed by atoms with van der Waals surface area (Å²) in [4.78, 5) is 27.4. The Kier molecular flexibility index (Phi) is 9.74. The van der Waals surface area contributed by atoms with Crippen LogP contribution in [0.2, 0.25) is 0 Å². The molecule has 0 fully saturated rings. The Morgan fingerprint density at radius 2 is 1.67 bits per heavy atom. The van der Waals surface area contributed by atoms with Crippen LogP contribution in [0, 0.1) is 5.92 Å². The number of carbonyl (C=O) groups excluding carboxylic acids is 2. The molecule has 0 aliphatic carbocycles. The SMILES string of the molecule is COc1ccc(CN(C(=O)CSCc2ccccc2)C(C)C(=O)NCC(C)C)cc1. The quantitative estimate of drug-likeness (QED) is 0.585. The van der Waals surface area contributed by atoms with E-state index >= 15 is 0 Å². The van der Waals surface area contributed by atoms with Crippen molar-refractivity contribution in [2.75, 3.05) is 19.4 Å². The van der Waals surface area contributed by atoms with Crippen LogP contribution in [0.25, 0.3) is 0 Å². The summed E-state index contributed by atoms with van der Waals surface area (Å²) in [6.07, 6.45) is 0. The highest BCUT2D eigenvalue weighted by Gasteiger charge is 2.26. The number of carbonyl (C=O) groups is 2. The maximum Gasteiger partial charge on any atom is 0.242 e. The maximum absolute atomic E-state index is 13.0. The first kappa shape index (κ1) is 23.8. The zero-order chi connectivity index (χ0) is 21.9. The Morgan fingerprint density at radius 3 is 2.27 bits per heavy atom. The lowest BCUT2D eigenvalue weighted by Gasteiger charge is -2.29. The lowest BCUT2D eigenvalue weighted by Crippen LogP contribution is -2.48. The third-order valence-corrected chi connectivity index (χ3v) is 5.69. The number of ether oxygens (including phenoxy) is 1. The highest BCUT2D eigenvalue weighted by atomic mass is 32.2. The zero-order valence-corrected chi connectivity index (χ0v) is 19.1. The summed E-state index contributed by atoms with van der Waals surface area (Å²) in [5, 5.41) is 2.94. The average Bonchev–Trinajstić information content (AvgIpc) is 2.76. The first-order valence-electron chi connectivity index (χ1n) is 10.2. The molecule has 2 aromatic carbocycles. The van der Waals surface area contributed by atoms with Crippen LogP contribution in [0.5, 0.6) is 5.75 Å².